The minimum Gasteiger partial charge on any atom is -0.496 e. The van der Waals surface area contributed by atoms with E-state index in [1.165, 1.54) is 21.3 Å². The van der Waals surface area contributed by atoms with Crippen LogP contribution in [-0.4, -0.2) is 33.1 Å². The number of Topliss-reactive ketones (excluding diaryl/α,β-unsaturated/α-hetero) is 1. The predicted molar refractivity (Wildman–Crippen MR) is 86.0 cm³/mol. The molecule has 1 aromatic rings. The lowest BCUT2D eigenvalue weighted by Crippen LogP contribution is -2.34. The Labute approximate surface area is 136 Å². The molecule has 0 aromatic heterocycles. The molecule has 0 heterocycles. The van der Waals surface area contributed by atoms with E-state index in [4.69, 9.17) is 14.2 Å². The molecule has 0 amide bonds. The van der Waals surface area contributed by atoms with Crippen molar-refractivity contribution in [3.05, 3.63) is 23.8 Å². The Kier molecular flexibility index (Phi) is 6.02. The summed E-state index contributed by atoms with van der Waals surface area (Å²) in [6.45, 7) is 0. The second-order valence-corrected chi connectivity index (χ2v) is 5.80. The summed E-state index contributed by atoms with van der Waals surface area (Å²) in [5.41, 5.74) is 0.318. The predicted octanol–water partition coefficient (Wildman–Crippen LogP) is 3.26. The maximum atomic E-state index is 13.1. The first kappa shape index (κ1) is 17.3. The van der Waals surface area contributed by atoms with E-state index < -0.39 is 11.9 Å². The normalized spacial score (nSPS) is 16.5. The Balaban J connectivity index is 2.43. The largest absolute Gasteiger partial charge is 0.496 e. The minimum atomic E-state index is -0.800. The summed E-state index contributed by atoms with van der Waals surface area (Å²) in [6, 6.07) is 5.15. The van der Waals surface area contributed by atoms with Gasteiger partial charge in [0.05, 0.1) is 21.3 Å². The van der Waals surface area contributed by atoms with Gasteiger partial charge in [0, 0.05) is 0 Å². The maximum absolute atomic E-state index is 13.1. The third-order valence-electron chi connectivity index (χ3n) is 4.53. The third-order valence-corrected chi connectivity index (χ3v) is 4.53. The van der Waals surface area contributed by atoms with E-state index in [0.29, 0.717) is 17.1 Å². The van der Waals surface area contributed by atoms with Gasteiger partial charge < -0.3 is 14.2 Å². The minimum absolute atomic E-state index is 0.0123. The van der Waals surface area contributed by atoms with Crippen molar-refractivity contribution < 1.29 is 23.8 Å². The molecule has 0 aliphatic heterocycles. The molecule has 2 rings (SSSR count). The first-order valence-electron chi connectivity index (χ1n) is 7.97. The number of rotatable bonds is 6. The number of carbonyl (C=O) groups excluding carboxylic acids is 2. The second-order valence-electron chi connectivity index (χ2n) is 5.80. The number of esters is 1. The summed E-state index contributed by atoms with van der Waals surface area (Å²) in [5.74, 6) is -0.713. The highest BCUT2D eigenvalue weighted by Crippen LogP contribution is 2.37. The molecular weight excluding hydrogens is 296 g/mol. The van der Waals surface area contributed by atoms with Gasteiger partial charge in [0.25, 0.3) is 0 Å². The average molecular weight is 320 g/mol. The Hall–Kier alpha value is -2.04. The quantitative estimate of drug-likeness (QED) is 0.457. The van der Waals surface area contributed by atoms with E-state index in [1.54, 1.807) is 18.2 Å². The van der Waals surface area contributed by atoms with Crippen molar-refractivity contribution >= 4 is 11.8 Å². The molecule has 0 bridgehead atoms. The van der Waals surface area contributed by atoms with Crippen molar-refractivity contribution in [1.29, 1.82) is 0 Å². The fourth-order valence-corrected chi connectivity index (χ4v) is 3.36. The van der Waals surface area contributed by atoms with E-state index in [1.807, 2.05) is 0 Å². The van der Waals surface area contributed by atoms with E-state index in [9.17, 15) is 9.59 Å². The molecule has 5 nitrogen and oxygen atoms in total. The lowest BCUT2D eigenvalue weighted by atomic mass is 9.76. The number of benzene rings is 1. The van der Waals surface area contributed by atoms with Gasteiger partial charge in [0.2, 0.25) is 0 Å². The molecule has 0 N–H and O–H groups in total. The lowest BCUT2D eigenvalue weighted by Gasteiger charge is -2.28. The molecule has 1 atom stereocenters. The van der Waals surface area contributed by atoms with Gasteiger partial charge in [-0.15, -0.1) is 0 Å². The summed E-state index contributed by atoms with van der Waals surface area (Å²) in [7, 11) is 4.32. The second kappa shape index (κ2) is 7.99. The Morgan fingerprint density at radius 2 is 1.57 bits per heavy atom. The average Bonchev–Trinajstić information content (AvgIpc) is 2.61. The van der Waals surface area contributed by atoms with Crippen LogP contribution in [0.5, 0.6) is 11.5 Å². The van der Waals surface area contributed by atoms with Crippen LogP contribution in [0.2, 0.25) is 0 Å². The Morgan fingerprint density at radius 3 is 2.04 bits per heavy atom. The van der Waals surface area contributed by atoms with Crippen molar-refractivity contribution in [2.45, 2.75) is 32.1 Å². The molecule has 1 aromatic carbocycles. The van der Waals surface area contributed by atoms with E-state index in [-0.39, 0.29) is 11.7 Å². The van der Waals surface area contributed by atoms with Gasteiger partial charge in [-0.05, 0) is 30.9 Å². The summed E-state index contributed by atoms with van der Waals surface area (Å²) in [5, 5.41) is 0. The van der Waals surface area contributed by atoms with Crippen molar-refractivity contribution in [1.82, 2.24) is 0 Å². The monoisotopic (exact) mass is 320 g/mol. The molecule has 1 aliphatic carbocycles. The van der Waals surface area contributed by atoms with Gasteiger partial charge in [-0.2, -0.15) is 0 Å². The number of methoxy groups -OCH3 is 3. The maximum Gasteiger partial charge on any atom is 0.316 e. The van der Waals surface area contributed by atoms with Crippen LogP contribution in [0.4, 0.5) is 0 Å². The van der Waals surface area contributed by atoms with Crippen LogP contribution < -0.4 is 9.47 Å². The zero-order valence-electron chi connectivity index (χ0n) is 14.0. The van der Waals surface area contributed by atoms with Crippen LogP contribution in [0.3, 0.4) is 0 Å². The number of ketones is 1. The zero-order valence-corrected chi connectivity index (χ0v) is 14.0. The number of hydrogen-bond donors (Lipinski definition) is 0. The first-order chi connectivity index (χ1) is 11.1. The molecule has 23 heavy (non-hydrogen) atoms. The molecule has 0 saturated heterocycles. The number of hydrogen-bond acceptors (Lipinski definition) is 5. The van der Waals surface area contributed by atoms with Crippen molar-refractivity contribution in [3.8, 4) is 11.5 Å². The molecule has 5 heteroatoms. The topological polar surface area (TPSA) is 61.8 Å². The van der Waals surface area contributed by atoms with Crippen LogP contribution in [0, 0.1) is 11.8 Å². The van der Waals surface area contributed by atoms with Gasteiger partial charge >= 0.3 is 5.97 Å². The highest BCUT2D eigenvalue weighted by atomic mass is 16.5. The molecule has 126 valence electrons. The molecule has 0 spiro atoms. The molecular formula is C18H24O5. The van der Waals surface area contributed by atoms with E-state index >= 15 is 0 Å². The molecule has 1 saturated carbocycles. The third kappa shape index (κ3) is 3.66. The SMILES string of the molecule is COC(=O)C(C(=O)c1c(OC)cccc1OC)C1CCCCC1. The highest BCUT2D eigenvalue weighted by Gasteiger charge is 2.39. The zero-order chi connectivity index (χ0) is 16.8. The molecule has 1 aliphatic rings. The molecule has 0 radical (unpaired) electrons. The Morgan fingerprint density at radius 1 is 1.00 bits per heavy atom. The van der Waals surface area contributed by atoms with Crippen LogP contribution in [0.1, 0.15) is 42.5 Å². The highest BCUT2D eigenvalue weighted by molar-refractivity contribution is 6.11. The fourth-order valence-electron chi connectivity index (χ4n) is 3.36. The van der Waals surface area contributed by atoms with Gasteiger partial charge in [-0.1, -0.05) is 25.3 Å². The van der Waals surface area contributed by atoms with Crippen LogP contribution in [0.15, 0.2) is 18.2 Å². The van der Waals surface area contributed by atoms with Crippen LogP contribution in [0.25, 0.3) is 0 Å². The summed E-state index contributed by atoms with van der Waals surface area (Å²) >= 11 is 0. The van der Waals surface area contributed by atoms with E-state index in [2.05, 4.69) is 0 Å². The molecule has 1 fully saturated rings. The number of ether oxygens (including phenoxy) is 3. The smallest absolute Gasteiger partial charge is 0.316 e. The lowest BCUT2D eigenvalue weighted by molar-refractivity contribution is -0.145. The van der Waals surface area contributed by atoms with Crippen molar-refractivity contribution in [2.75, 3.05) is 21.3 Å². The first-order valence-corrected chi connectivity index (χ1v) is 7.97. The van der Waals surface area contributed by atoms with Crippen molar-refractivity contribution in [2.24, 2.45) is 11.8 Å². The van der Waals surface area contributed by atoms with Crippen molar-refractivity contribution in [3.63, 3.8) is 0 Å². The summed E-state index contributed by atoms with van der Waals surface area (Å²) in [6.07, 6.45) is 4.95. The fraction of sp³-hybridized carbons (Fsp3) is 0.556. The van der Waals surface area contributed by atoms with Gasteiger partial charge in [-0.25, -0.2) is 0 Å². The van der Waals surface area contributed by atoms with Gasteiger partial charge in [0.15, 0.2) is 5.78 Å². The Bertz CT molecular complexity index is 538. The molecule has 1 unspecified atom stereocenters. The van der Waals surface area contributed by atoms with Crippen LogP contribution in [-0.2, 0) is 9.53 Å². The van der Waals surface area contributed by atoms with Crippen LogP contribution >= 0.6 is 0 Å². The van der Waals surface area contributed by atoms with Gasteiger partial charge in [0.1, 0.15) is 23.0 Å². The summed E-state index contributed by atoms with van der Waals surface area (Å²) in [4.78, 5) is 25.4. The standard InChI is InChI=1S/C18H24O5/c1-21-13-10-7-11-14(22-2)16(13)17(19)15(18(20)23-3)12-8-5-4-6-9-12/h7,10-12,15H,4-6,8-9H2,1-3H3. The summed E-state index contributed by atoms with van der Waals surface area (Å²) < 4.78 is 15.5. The number of carbonyl (C=O) groups is 2. The van der Waals surface area contributed by atoms with E-state index in [0.717, 1.165) is 32.1 Å². The van der Waals surface area contributed by atoms with Gasteiger partial charge in [-0.3, -0.25) is 9.59 Å².